The van der Waals surface area contributed by atoms with Crippen molar-refractivity contribution in [1.29, 1.82) is 0 Å². The van der Waals surface area contributed by atoms with Gasteiger partial charge in [-0.3, -0.25) is 9.69 Å². The number of carbonyl (C=O) groups is 1. The third kappa shape index (κ3) is 8.08. The van der Waals surface area contributed by atoms with Crippen molar-refractivity contribution in [2.24, 2.45) is 4.99 Å². The second kappa shape index (κ2) is 13.0. The van der Waals surface area contributed by atoms with Crippen molar-refractivity contribution in [2.75, 3.05) is 46.8 Å². The number of piperidine rings is 1. The lowest BCUT2D eigenvalue weighted by atomic mass is 10.1. The number of aliphatic imine (C=N–C) groups is 1. The van der Waals surface area contributed by atoms with E-state index in [0.29, 0.717) is 12.5 Å². The summed E-state index contributed by atoms with van der Waals surface area (Å²) in [5.74, 6) is 1.63. The number of hydrogen-bond acceptors (Lipinski definition) is 4. The highest BCUT2D eigenvalue weighted by molar-refractivity contribution is 14.0. The van der Waals surface area contributed by atoms with Crippen LogP contribution in [0.1, 0.15) is 44.4 Å². The highest BCUT2D eigenvalue weighted by atomic mass is 127. The summed E-state index contributed by atoms with van der Waals surface area (Å²) in [5, 5.41) is 6.69. The molecule has 0 radical (unpaired) electrons. The molecule has 0 spiro atoms. The van der Waals surface area contributed by atoms with E-state index in [1.165, 1.54) is 19.3 Å². The Balaban J connectivity index is 0.00000364. The highest BCUT2D eigenvalue weighted by Crippen LogP contribution is 2.24. The SMILES string of the molecule is CCCNC(=NCC(=O)N(C)C)NCC(c1ccco1)N1CCCCC1.I. The van der Waals surface area contributed by atoms with E-state index in [2.05, 4.69) is 27.4 Å². The van der Waals surface area contributed by atoms with Crippen molar-refractivity contribution in [3.05, 3.63) is 24.2 Å². The molecule has 154 valence electrons. The van der Waals surface area contributed by atoms with Crippen LogP contribution in [-0.4, -0.2) is 68.5 Å². The van der Waals surface area contributed by atoms with E-state index in [0.717, 1.165) is 31.8 Å². The fourth-order valence-electron chi connectivity index (χ4n) is 3.02. The Bertz CT molecular complexity index is 556. The Morgan fingerprint density at radius 2 is 2.04 bits per heavy atom. The molecular weight excluding hydrogens is 457 g/mol. The average molecular weight is 491 g/mol. The summed E-state index contributed by atoms with van der Waals surface area (Å²) in [6.07, 6.45) is 6.47. The van der Waals surface area contributed by atoms with Gasteiger partial charge in [0.2, 0.25) is 5.91 Å². The van der Waals surface area contributed by atoms with Gasteiger partial charge in [0, 0.05) is 27.2 Å². The van der Waals surface area contributed by atoms with E-state index in [1.54, 1.807) is 25.3 Å². The van der Waals surface area contributed by atoms with Crippen LogP contribution in [0.15, 0.2) is 27.8 Å². The molecule has 0 saturated carbocycles. The maximum atomic E-state index is 11.8. The molecule has 7 nitrogen and oxygen atoms in total. The number of nitrogens with one attached hydrogen (secondary N) is 2. The number of nitrogens with zero attached hydrogens (tertiary/aromatic N) is 3. The second-order valence-corrected chi connectivity index (χ2v) is 6.89. The van der Waals surface area contributed by atoms with Crippen LogP contribution in [0, 0.1) is 0 Å². The average Bonchev–Trinajstić information content (AvgIpc) is 3.18. The fourth-order valence-corrected chi connectivity index (χ4v) is 3.02. The maximum absolute atomic E-state index is 11.8. The standard InChI is InChI=1S/C19H33N5O2.HI/c1-4-10-20-19(22-15-18(25)23(2)3)21-14-16(17-9-8-13-26-17)24-11-6-5-7-12-24;/h8-9,13,16H,4-7,10-12,14-15H2,1-3H3,(H2,20,21,22);1H. The molecule has 1 atom stereocenters. The van der Waals surface area contributed by atoms with E-state index < -0.39 is 0 Å². The Morgan fingerprint density at radius 3 is 2.63 bits per heavy atom. The third-order valence-electron chi connectivity index (χ3n) is 4.58. The molecule has 27 heavy (non-hydrogen) atoms. The first-order valence-corrected chi connectivity index (χ1v) is 9.61. The molecule has 0 aliphatic carbocycles. The number of furan rings is 1. The molecule has 2 N–H and O–H groups in total. The first-order chi connectivity index (χ1) is 12.6. The van der Waals surface area contributed by atoms with Gasteiger partial charge in [-0.1, -0.05) is 13.3 Å². The van der Waals surface area contributed by atoms with Crippen molar-refractivity contribution >= 4 is 35.8 Å². The molecule has 2 rings (SSSR count). The summed E-state index contributed by atoms with van der Waals surface area (Å²) in [6, 6.07) is 4.14. The normalized spacial score (nSPS) is 16.3. The van der Waals surface area contributed by atoms with Crippen molar-refractivity contribution < 1.29 is 9.21 Å². The number of likely N-dealkylation sites (tertiary alicyclic amines) is 1. The van der Waals surface area contributed by atoms with Gasteiger partial charge >= 0.3 is 0 Å². The number of likely N-dealkylation sites (N-methyl/N-ethyl adjacent to an activating group) is 1. The van der Waals surface area contributed by atoms with Crippen LogP contribution >= 0.6 is 24.0 Å². The Morgan fingerprint density at radius 1 is 1.30 bits per heavy atom. The lowest BCUT2D eigenvalue weighted by Gasteiger charge is -2.33. The van der Waals surface area contributed by atoms with E-state index in [4.69, 9.17) is 4.42 Å². The minimum Gasteiger partial charge on any atom is -0.468 e. The van der Waals surface area contributed by atoms with Crippen molar-refractivity contribution in [3.63, 3.8) is 0 Å². The van der Waals surface area contributed by atoms with Crippen LogP contribution in [0.25, 0.3) is 0 Å². The largest absolute Gasteiger partial charge is 0.468 e. The summed E-state index contributed by atoms with van der Waals surface area (Å²) in [4.78, 5) is 20.3. The van der Waals surface area contributed by atoms with E-state index in [9.17, 15) is 4.79 Å². The molecule has 1 aromatic heterocycles. The van der Waals surface area contributed by atoms with Crippen LogP contribution in [0.5, 0.6) is 0 Å². The van der Waals surface area contributed by atoms with Gasteiger partial charge in [-0.05, 0) is 44.5 Å². The number of guanidine groups is 1. The molecule has 0 aromatic carbocycles. The van der Waals surface area contributed by atoms with Crippen LogP contribution in [-0.2, 0) is 4.79 Å². The van der Waals surface area contributed by atoms with Crippen molar-refractivity contribution in [2.45, 2.75) is 38.6 Å². The molecule has 1 amide bonds. The predicted octanol–water partition coefficient (Wildman–Crippen LogP) is 2.46. The summed E-state index contributed by atoms with van der Waals surface area (Å²) < 4.78 is 5.69. The lowest BCUT2D eigenvalue weighted by Crippen LogP contribution is -2.45. The lowest BCUT2D eigenvalue weighted by molar-refractivity contribution is -0.127. The minimum absolute atomic E-state index is 0. The van der Waals surface area contributed by atoms with Gasteiger partial charge in [-0.2, -0.15) is 0 Å². The zero-order chi connectivity index (χ0) is 18.8. The summed E-state index contributed by atoms with van der Waals surface area (Å²) >= 11 is 0. The van der Waals surface area contributed by atoms with Gasteiger partial charge in [0.15, 0.2) is 5.96 Å². The molecule has 1 aliphatic rings. The first-order valence-electron chi connectivity index (χ1n) is 9.61. The third-order valence-corrected chi connectivity index (χ3v) is 4.58. The van der Waals surface area contributed by atoms with Gasteiger partial charge < -0.3 is 20.0 Å². The van der Waals surface area contributed by atoms with E-state index in [1.807, 2.05) is 12.1 Å². The molecule has 0 bridgehead atoms. The number of hydrogen-bond donors (Lipinski definition) is 2. The van der Waals surface area contributed by atoms with E-state index in [-0.39, 0.29) is 42.5 Å². The van der Waals surface area contributed by atoms with Crippen LogP contribution in [0.4, 0.5) is 0 Å². The summed E-state index contributed by atoms with van der Waals surface area (Å²) in [6.45, 7) is 5.93. The molecule has 2 heterocycles. The molecule has 1 fully saturated rings. The molecule has 1 unspecified atom stereocenters. The second-order valence-electron chi connectivity index (χ2n) is 6.89. The topological polar surface area (TPSA) is 73.1 Å². The van der Waals surface area contributed by atoms with Gasteiger partial charge in [0.1, 0.15) is 12.3 Å². The van der Waals surface area contributed by atoms with Gasteiger partial charge in [-0.15, -0.1) is 24.0 Å². The number of rotatable bonds is 8. The summed E-state index contributed by atoms with van der Waals surface area (Å²) in [5.41, 5.74) is 0. The molecular formula is C19H34IN5O2. The van der Waals surface area contributed by atoms with Crippen molar-refractivity contribution in [1.82, 2.24) is 20.4 Å². The molecule has 1 aliphatic heterocycles. The van der Waals surface area contributed by atoms with Crippen molar-refractivity contribution in [3.8, 4) is 0 Å². The predicted molar refractivity (Wildman–Crippen MR) is 120 cm³/mol. The van der Waals surface area contributed by atoms with Crippen LogP contribution in [0.3, 0.4) is 0 Å². The maximum Gasteiger partial charge on any atom is 0.243 e. The zero-order valence-corrected chi connectivity index (χ0v) is 19.1. The highest BCUT2D eigenvalue weighted by Gasteiger charge is 2.24. The molecule has 1 aromatic rings. The molecule has 1 saturated heterocycles. The molecule has 8 heteroatoms. The Labute approximate surface area is 180 Å². The minimum atomic E-state index is -0.0128. The quantitative estimate of drug-likeness (QED) is 0.332. The van der Waals surface area contributed by atoms with Gasteiger partial charge in [0.25, 0.3) is 0 Å². The van der Waals surface area contributed by atoms with Gasteiger partial charge in [0.05, 0.1) is 12.3 Å². The monoisotopic (exact) mass is 491 g/mol. The smallest absolute Gasteiger partial charge is 0.243 e. The fraction of sp³-hybridized carbons (Fsp3) is 0.684. The number of carbonyl (C=O) groups excluding carboxylic acids is 1. The first kappa shape index (κ1) is 23.7. The van der Waals surface area contributed by atoms with E-state index >= 15 is 0 Å². The summed E-state index contributed by atoms with van der Waals surface area (Å²) in [7, 11) is 3.49. The number of amides is 1. The number of halogens is 1. The zero-order valence-electron chi connectivity index (χ0n) is 16.7. The van der Waals surface area contributed by atoms with Crippen LogP contribution < -0.4 is 10.6 Å². The van der Waals surface area contributed by atoms with Crippen LogP contribution in [0.2, 0.25) is 0 Å². The van der Waals surface area contributed by atoms with Gasteiger partial charge in [-0.25, -0.2) is 4.99 Å². The Kier molecular flexibility index (Phi) is 11.4. The Hall–Kier alpha value is -1.29.